The van der Waals surface area contributed by atoms with Crippen molar-refractivity contribution in [3.8, 4) is 0 Å². The monoisotopic (exact) mass is 296 g/mol. The predicted octanol–water partition coefficient (Wildman–Crippen LogP) is 2.60. The summed E-state index contributed by atoms with van der Waals surface area (Å²) >= 11 is 0. The van der Waals surface area contributed by atoms with Gasteiger partial charge < -0.3 is 15.8 Å². The first-order chi connectivity index (χ1) is 9.99. The van der Waals surface area contributed by atoms with Gasteiger partial charge in [0.1, 0.15) is 0 Å². The number of nitrogens with one attached hydrogen (secondary N) is 1. The van der Waals surface area contributed by atoms with Gasteiger partial charge in [-0.2, -0.15) is 0 Å². The molecule has 4 nitrogen and oxygen atoms in total. The molecule has 1 amide bonds. The Balaban J connectivity index is 1.92. The van der Waals surface area contributed by atoms with E-state index in [1.54, 1.807) is 0 Å². The number of carbonyl (C=O) groups is 1. The Kier molecular flexibility index (Phi) is 5.67. The summed E-state index contributed by atoms with van der Waals surface area (Å²) in [6.07, 6.45) is 6.93. The summed E-state index contributed by atoms with van der Waals surface area (Å²) in [5.41, 5.74) is 6.12. The number of nitrogens with two attached hydrogens (primary N) is 1. The second-order valence-corrected chi connectivity index (χ2v) is 7.13. The van der Waals surface area contributed by atoms with Crippen LogP contribution < -0.4 is 11.1 Å². The van der Waals surface area contributed by atoms with Gasteiger partial charge in [0.2, 0.25) is 5.91 Å². The predicted molar refractivity (Wildman–Crippen MR) is 84.9 cm³/mol. The first kappa shape index (κ1) is 16.8. The number of hydrogen-bond donors (Lipinski definition) is 2. The minimum atomic E-state index is -0.0435. The number of hydrogen-bond acceptors (Lipinski definition) is 3. The molecule has 1 heterocycles. The van der Waals surface area contributed by atoms with Crippen molar-refractivity contribution in [2.45, 2.75) is 83.4 Å². The van der Waals surface area contributed by atoms with E-state index in [0.717, 1.165) is 51.6 Å². The van der Waals surface area contributed by atoms with E-state index in [4.69, 9.17) is 10.5 Å². The Morgan fingerprint density at radius 1 is 1.29 bits per heavy atom. The zero-order valence-electron chi connectivity index (χ0n) is 13.9. The fourth-order valence-corrected chi connectivity index (χ4v) is 3.91. The molecule has 4 unspecified atom stereocenters. The maximum atomic E-state index is 12.6. The van der Waals surface area contributed by atoms with Gasteiger partial charge in [-0.05, 0) is 50.9 Å². The van der Waals surface area contributed by atoms with Crippen molar-refractivity contribution < 1.29 is 9.53 Å². The smallest absolute Gasteiger partial charge is 0.224 e. The van der Waals surface area contributed by atoms with Gasteiger partial charge in [0, 0.05) is 18.7 Å². The summed E-state index contributed by atoms with van der Waals surface area (Å²) in [4.78, 5) is 12.6. The van der Waals surface area contributed by atoms with E-state index >= 15 is 0 Å². The van der Waals surface area contributed by atoms with E-state index in [1.165, 1.54) is 0 Å². The third-order valence-electron chi connectivity index (χ3n) is 5.63. The molecule has 4 atom stereocenters. The first-order valence-electron chi connectivity index (χ1n) is 8.69. The maximum Gasteiger partial charge on any atom is 0.224 e. The highest BCUT2D eigenvalue weighted by Gasteiger charge is 2.37. The highest BCUT2D eigenvalue weighted by molar-refractivity contribution is 5.79. The topological polar surface area (TPSA) is 64.4 Å². The number of carbonyl (C=O) groups excluding carboxylic acids is 1. The SMILES string of the molecule is CCC1(CC)CC(NC(=O)C2CC(C)CCC2N)CCO1. The van der Waals surface area contributed by atoms with Gasteiger partial charge in [-0.25, -0.2) is 0 Å². The van der Waals surface area contributed by atoms with Crippen LogP contribution in [0, 0.1) is 11.8 Å². The Hall–Kier alpha value is -0.610. The van der Waals surface area contributed by atoms with E-state index in [-0.39, 0.29) is 29.5 Å². The Bertz CT molecular complexity index is 355. The zero-order chi connectivity index (χ0) is 15.5. The van der Waals surface area contributed by atoms with Gasteiger partial charge in [0.05, 0.1) is 11.5 Å². The van der Waals surface area contributed by atoms with E-state index in [1.807, 2.05) is 0 Å². The lowest BCUT2D eigenvalue weighted by atomic mass is 9.78. The third kappa shape index (κ3) is 3.98. The molecule has 0 spiro atoms. The standard InChI is InChI=1S/C17H32N2O2/c1-4-17(5-2)11-13(8-9-21-17)19-16(20)14-10-12(3)6-7-15(14)18/h12-15H,4-11,18H2,1-3H3,(H,19,20). The Morgan fingerprint density at radius 3 is 2.67 bits per heavy atom. The van der Waals surface area contributed by atoms with Crippen LogP contribution in [0.4, 0.5) is 0 Å². The van der Waals surface area contributed by atoms with Gasteiger partial charge in [-0.3, -0.25) is 4.79 Å². The minimum Gasteiger partial charge on any atom is -0.375 e. The summed E-state index contributed by atoms with van der Waals surface area (Å²) < 4.78 is 5.98. The number of amides is 1. The van der Waals surface area contributed by atoms with Crippen LogP contribution in [0.15, 0.2) is 0 Å². The first-order valence-corrected chi connectivity index (χ1v) is 8.69. The molecule has 3 N–H and O–H groups in total. The molecule has 0 aromatic heterocycles. The van der Waals surface area contributed by atoms with Crippen molar-refractivity contribution >= 4 is 5.91 Å². The largest absolute Gasteiger partial charge is 0.375 e. The van der Waals surface area contributed by atoms with Gasteiger partial charge >= 0.3 is 0 Å². The number of rotatable bonds is 4. The van der Waals surface area contributed by atoms with Crippen LogP contribution in [-0.4, -0.2) is 30.2 Å². The van der Waals surface area contributed by atoms with Crippen LogP contribution in [0.25, 0.3) is 0 Å². The maximum absolute atomic E-state index is 12.6. The number of ether oxygens (including phenoxy) is 1. The fraction of sp³-hybridized carbons (Fsp3) is 0.941. The third-order valence-corrected chi connectivity index (χ3v) is 5.63. The molecule has 1 saturated heterocycles. The summed E-state index contributed by atoms with van der Waals surface area (Å²) in [7, 11) is 0. The van der Waals surface area contributed by atoms with Crippen LogP contribution in [0.2, 0.25) is 0 Å². The van der Waals surface area contributed by atoms with Crippen LogP contribution >= 0.6 is 0 Å². The lowest BCUT2D eigenvalue weighted by Gasteiger charge is -2.41. The normalized spacial score (nSPS) is 36.2. The molecule has 2 aliphatic rings. The molecule has 0 bridgehead atoms. The molecule has 2 fully saturated rings. The van der Waals surface area contributed by atoms with Crippen LogP contribution in [0.1, 0.15) is 65.7 Å². The van der Waals surface area contributed by atoms with Crippen molar-refractivity contribution in [1.82, 2.24) is 5.32 Å². The van der Waals surface area contributed by atoms with Crippen molar-refractivity contribution in [3.63, 3.8) is 0 Å². The molecule has 1 saturated carbocycles. The van der Waals surface area contributed by atoms with Crippen LogP contribution in [0.3, 0.4) is 0 Å². The van der Waals surface area contributed by atoms with E-state index in [0.29, 0.717) is 5.92 Å². The highest BCUT2D eigenvalue weighted by atomic mass is 16.5. The molecule has 0 aromatic carbocycles. The molecule has 2 rings (SSSR count). The molecule has 4 heteroatoms. The second-order valence-electron chi connectivity index (χ2n) is 7.13. The highest BCUT2D eigenvalue weighted by Crippen LogP contribution is 2.32. The summed E-state index contributed by atoms with van der Waals surface area (Å²) in [5.74, 6) is 0.775. The molecule has 0 aromatic rings. The van der Waals surface area contributed by atoms with Gasteiger partial charge in [0.15, 0.2) is 0 Å². The van der Waals surface area contributed by atoms with Crippen molar-refractivity contribution in [2.75, 3.05) is 6.61 Å². The molecular formula is C17H32N2O2. The fourth-order valence-electron chi connectivity index (χ4n) is 3.91. The molecule has 21 heavy (non-hydrogen) atoms. The van der Waals surface area contributed by atoms with Crippen LogP contribution in [0.5, 0.6) is 0 Å². The molecular weight excluding hydrogens is 264 g/mol. The summed E-state index contributed by atoms with van der Waals surface area (Å²) in [6.45, 7) is 7.32. The zero-order valence-corrected chi connectivity index (χ0v) is 13.9. The van der Waals surface area contributed by atoms with E-state index < -0.39 is 0 Å². The average molecular weight is 296 g/mol. The van der Waals surface area contributed by atoms with E-state index in [2.05, 4.69) is 26.1 Å². The second kappa shape index (κ2) is 7.10. The van der Waals surface area contributed by atoms with Crippen molar-refractivity contribution in [3.05, 3.63) is 0 Å². The van der Waals surface area contributed by atoms with Gasteiger partial charge in [-0.1, -0.05) is 20.8 Å². The quantitative estimate of drug-likeness (QED) is 0.838. The summed E-state index contributed by atoms with van der Waals surface area (Å²) in [5, 5.41) is 3.26. The Morgan fingerprint density at radius 2 is 2.00 bits per heavy atom. The molecule has 0 radical (unpaired) electrons. The van der Waals surface area contributed by atoms with Crippen molar-refractivity contribution in [1.29, 1.82) is 0 Å². The minimum absolute atomic E-state index is 0.00533. The van der Waals surface area contributed by atoms with Crippen molar-refractivity contribution in [2.24, 2.45) is 17.6 Å². The average Bonchev–Trinajstić information content (AvgIpc) is 2.49. The molecule has 122 valence electrons. The summed E-state index contributed by atoms with van der Waals surface area (Å²) in [6, 6.07) is 0.277. The lowest BCUT2D eigenvalue weighted by Crippen LogP contribution is -2.52. The molecule has 1 aliphatic heterocycles. The van der Waals surface area contributed by atoms with Crippen LogP contribution in [-0.2, 0) is 9.53 Å². The van der Waals surface area contributed by atoms with E-state index in [9.17, 15) is 4.79 Å². The van der Waals surface area contributed by atoms with Gasteiger partial charge in [0.25, 0.3) is 0 Å². The Labute approximate surface area is 129 Å². The lowest BCUT2D eigenvalue weighted by molar-refractivity contribution is -0.131. The molecule has 1 aliphatic carbocycles. The van der Waals surface area contributed by atoms with Gasteiger partial charge in [-0.15, -0.1) is 0 Å².